The number of carbonyl (C=O) groups excluding carboxylic acids is 2. The summed E-state index contributed by atoms with van der Waals surface area (Å²) in [5.41, 5.74) is 0.0901. The minimum atomic E-state index is -0.549. The molecule has 0 aromatic carbocycles. The Morgan fingerprint density at radius 2 is 2.10 bits per heavy atom. The second kappa shape index (κ2) is 8.96. The Hall–Kier alpha value is -2.09. The van der Waals surface area contributed by atoms with Crippen molar-refractivity contribution < 1.29 is 28.2 Å². The van der Waals surface area contributed by atoms with Gasteiger partial charge in [-0.15, -0.1) is 0 Å². The molecule has 0 radical (unpaired) electrons. The van der Waals surface area contributed by atoms with Crippen LogP contribution in [0.3, 0.4) is 0 Å². The Labute approximate surface area is 123 Å². The molecule has 0 spiro atoms. The van der Waals surface area contributed by atoms with E-state index in [1.165, 1.54) is 13.4 Å². The molecule has 0 saturated carbocycles. The maximum absolute atomic E-state index is 11.5. The molecule has 0 N–H and O–H groups in total. The van der Waals surface area contributed by atoms with Gasteiger partial charge in [-0.1, -0.05) is 0 Å². The summed E-state index contributed by atoms with van der Waals surface area (Å²) in [7, 11) is 2.89. The lowest BCUT2D eigenvalue weighted by Crippen LogP contribution is -2.30. The molecule has 8 nitrogen and oxygen atoms in total. The van der Waals surface area contributed by atoms with Crippen LogP contribution in [0.5, 0.6) is 0 Å². The van der Waals surface area contributed by atoms with E-state index in [1.54, 1.807) is 18.9 Å². The monoisotopic (exact) mass is 300 g/mol. The van der Waals surface area contributed by atoms with E-state index in [0.29, 0.717) is 19.7 Å². The summed E-state index contributed by atoms with van der Waals surface area (Å²) in [5, 5.41) is 0. The van der Waals surface area contributed by atoms with Crippen LogP contribution in [-0.4, -0.2) is 57.4 Å². The Kier molecular flexibility index (Phi) is 7.24. The first-order valence-corrected chi connectivity index (χ1v) is 6.55. The third kappa shape index (κ3) is 5.42. The van der Waals surface area contributed by atoms with Crippen molar-refractivity contribution in [3.05, 3.63) is 12.0 Å². The Balaban J connectivity index is 2.73. The van der Waals surface area contributed by atoms with Crippen molar-refractivity contribution in [1.29, 1.82) is 0 Å². The van der Waals surface area contributed by atoms with Gasteiger partial charge < -0.3 is 23.5 Å². The van der Waals surface area contributed by atoms with Crippen LogP contribution in [0.25, 0.3) is 0 Å². The first-order valence-electron chi connectivity index (χ1n) is 6.55. The number of ether oxygens (including phenoxy) is 3. The highest BCUT2D eigenvalue weighted by molar-refractivity contribution is 5.87. The molecule has 0 atom stereocenters. The van der Waals surface area contributed by atoms with Gasteiger partial charge in [-0.2, -0.15) is 4.98 Å². The van der Waals surface area contributed by atoms with Gasteiger partial charge in [-0.05, 0) is 6.92 Å². The van der Waals surface area contributed by atoms with Crippen LogP contribution < -0.4 is 4.90 Å². The molecule has 1 aromatic heterocycles. The third-order valence-electron chi connectivity index (χ3n) is 2.63. The maximum atomic E-state index is 11.5. The van der Waals surface area contributed by atoms with Gasteiger partial charge in [0, 0.05) is 20.2 Å². The number of esters is 2. The molecule has 0 saturated heterocycles. The number of carbonyl (C=O) groups is 2. The lowest BCUT2D eigenvalue weighted by molar-refractivity contribution is -0.140. The van der Waals surface area contributed by atoms with E-state index in [0.717, 1.165) is 0 Å². The highest BCUT2D eigenvalue weighted by atomic mass is 16.5. The zero-order valence-electron chi connectivity index (χ0n) is 12.5. The number of aromatic nitrogens is 1. The molecule has 1 heterocycles. The van der Waals surface area contributed by atoms with Gasteiger partial charge in [-0.3, -0.25) is 4.79 Å². The second-order valence-corrected chi connectivity index (χ2v) is 4.04. The average molecular weight is 300 g/mol. The van der Waals surface area contributed by atoms with Crippen LogP contribution >= 0.6 is 0 Å². The molecule has 1 aromatic rings. The normalized spacial score (nSPS) is 10.2. The van der Waals surface area contributed by atoms with Crippen molar-refractivity contribution in [2.75, 3.05) is 45.4 Å². The lowest BCUT2D eigenvalue weighted by atomic mass is 10.4. The molecule has 0 aliphatic rings. The van der Waals surface area contributed by atoms with Gasteiger partial charge in [0.05, 0.1) is 26.7 Å². The number of rotatable bonds is 9. The fraction of sp³-hybridized carbons (Fsp3) is 0.615. The molecule has 0 amide bonds. The molecular weight excluding hydrogens is 280 g/mol. The number of hydrogen-bond donors (Lipinski definition) is 0. The van der Waals surface area contributed by atoms with Crippen molar-refractivity contribution in [2.24, 2.45) is 0 Å². The van der Waals surface area contributed by atoms with Gasteiger partial charge in [0.2, 0.25) is 0 Å². The van der Waals surface area contributed by atoms with Crippen LogP contribution in [0.4, 0.5) is 6.01 Å². The molecular formula is C13H20N2O6. The summed E-state index contributed by atoms with van der Waals surface area (Å²) >= 11 is 0. The molecule has 0 bridgehead atoms. The zero-order valence-corrected chi connectivity index (χ0v) is 12.5. The van der Waals surface area contributed by atoms with Crippen molar-refractivity contribution in [1.82, 2.24) is 4.98 Å². The van der Waals surface area contributed by atoms with E-state index in [-0.39, 0.29) is 30.7 Å². The Morgan fingerprint density at radius 3 is 2.71 bits per heavy atom. The van der Waals surface area contributed by atoms with E-state index < -0.39 is 5.97 Å². The van der Waals surface area contributed by atoms with E-state index in [1.807, 2.05) is 0 Å². The van der Waals surface area contributed by atoms with Crippen LogP contribution in [-0.2, 0) is 19.0 Å². The fourth-order valence-corrected chi connectivity index (χ4v) is 1.54. The third-order valence-corrected chi connectivity index (χ3v) is 2.63. The van der Waals surface area contributed by atoms with E-state index in [4.69, 9.17) is 13.9 Å². The first-order chi connectivity index (χ1) is 10.1. The average Bonchev–Trinajstić information content (AvgIpc) is 2.97. The van der Waals surface area contributed by atoms with Crippen LogP contribution in [0.2, 0.25) is 0 Å². The molecule has 0 fully saturated rings. The van der Waals surface area contributed by atoms with Gasteiger partial charge in [0.1, 0.15) is 6.26 Å². The van der Waals surface area contributed by atoms with Gasteiger partial charge in [-0.25, -0.2) is 4.79 Å². The summed E-state index contributed by atoms with van der Waals surface area (Å²) in [6, 6.07) is 0.235. The topological polar surface area (TPSA) is 91.1 Å². The summed E-state index contributed by atoms with van der Waals surface area (Å²) < 4.78 is 19.7. The van der Waals surface area contributed by atoms with Crippen LogP contribution in [0.15, 0.2) is 10.7 Å². The largest absolute Gasteiger partial charge is 0.469 e. The Bertz CT molecular complexity index is 459. The zero-order chi connectivity index (χ0) is 15.7. The van der Waals surface area contributed by atoms with Crippen molar-refractivity contribution >= 4 is 18.0 Å². The second-order valence-electron chi connectivity index (χ2n) is 4.04. The molecule has 0 aliphatic heterocycles. The smallest absolute Gasteiger partial charge is 0.360 e. The number of hydrogen-bond acceptors (Lipinski definition) is 8. The van der Waals surface area contributed by atoms with Gasteiger partial charge >= 0.3 is 11.9 Å². The van der Waals surface area contributed by atoms with E-state index >= 15 is 0 Å². The lowest BCUT2D eigenvalue weighted by Gasteiger charge is -2.19. The summed E-state index contributed by atoms with van der Waals surface area (Å²) in [6.45, 7) is 3.21. The minimum Gasteiger partial charge on any atom is -0.469 e. The molecule has 1 rings (SSSR count). The molecule has 21 heavy (non-hydrogen) atoms. The number of nitrogens with zero attached hydrogens (tertiary/aromatic N) is 2. The van der Waals surface area contributed by atoms with E-state index in [2.05, 4.69) is 9.72 Å². The quantitative estimate of drug-likeness (QED) is 0.620. The van der Waals surface area contributed by atoms with Gasteiger partial charge in [0.25, 0.3) is 6.01 Å². The van der Waals surface area contributed by atoms with Crippen molar-refractivity contribution in [3.8, 4) is 0 Å². The maximum Gasteiger partial charge on any atom is 0.360 e. The molecule has 0 aliphatic carbocycles. The molecule has 0 unspecified atom stereocenters. The van der Waals surface area contributed by atoms with Crippen molar-refractivity contribution in [2.45, 2.75) is 13.3 Å². The standard InChI is InChI=1S/C13H20N2O6/c1-4-20-12(17)10-9-21-13(14-10)15(7-8-18-2)6-5-11(16)19-3/h9H,4-8H2,1-3H3. The fourth-order valence-electron chi connectivity index (χ4n) is 1.54. The Morgan fingerprint density at radius 1 is 1.33 bits per heavy atom. The number of anilines is 1. The van der Waals surface area contributed by atoms with Crippen molar-refractivity contribution in [3.63, 3.8) is 0 Å². The highest BCUT2D eigenvalue weighted by Gasteiger charge is 2.18. The van der Waals surface area contributed by atoms with E-state index in [9.17, 15) is 9.59 Å². The highest BCUT2D eigenvalue weighted by Crippen LogP contribution is 2.15. The van der Waals surface area contributed by atoms with Gasteiger partial charge in [0.15, 0.2) is 5.69 Å². The summed E-state index contributed by atoms with van der Waals surface area (Å²) in [6.07, 6.45) is 1.41. The SMILES string of the molecule is CCOC(=O)c1coc(N(CCOC)CCC(=O)OC)n1. The molecule has 118 valence electrons. The first kappa shape index (κ1) is 17.0. The predicted octanol–water partition coefficient (Wildman–Crippen LogP) is 0.867. The molecule has 8 heteroatoms. The number of oxazole rings is 1. The van der Waals surface area contributed by atoms with Crippen LogP contribution in [0.1, 0.15) is 23.8 Å². The number of methoxy groups -OCH3 is 2. The summed E-state index contributed by atoms with van der Waals surface area (Å²) in [4.78, 5) is 28.5. The van der Waals surface area contributed by atoms with Crippen LogP contribution in [0, 0.1) is 0 Å². The summed E-state index contributed by atoms with van der Waals surface area (Å²) in [5.74, 6) is -0.887. The minimum absolute atomic E-state index is 0.0901. The predicted molar refractivity (Wildman–Crippen MR) is 73.2 cm³/mol.